The minimum Gasteiger partial charge on any atom is -0.228 e. The Hall–Kier alpha value is -9.50. The van der Waals surface area contributed by atoms with Crippen LogP contribution < -0.4 is 0 Å². The van der Waals surface area contributed by atoms with E-state index in [0.717, 1.165) is 50.3 Å². The van der Waals surface area contributed by atoms with Gasteiger partial charge in [0.15, 0.2) is 5.82 Å². The van der Waals surface area contributed by atoms with Gasteiger partial charge in [-0.05, 0) is 148 Å². The van der Waals surface area contributed by atoms with E-state index in [4.69, 9.17) is 9.97 Å². The Balaban J connectivity index is 0.956. The summed E-state index contributed by atoms with van der Waals surface area (Å²) >= 11 is 0. The Labute approximate surface area is 430 Å². The van der Waals surface area contributed by atoms with Gasteiger partial charge >= 0.3 is 0 Å². The minimum absolute atomic E-state index is 0.464. The summed E-state index contributed by atoms with van der Waals surface area (Å²) in [6.45, 7) is 0. The van der Waals surface area contributed by atoms with Gasteiger partial charge in [-0.25, -0.2) is 9.97 Å². The fraction of sp³-hybridized carbons (Fsp3) is 0.0278. The van der Waals surface area contributed by atoms with Crippen molar-refractivity contribution in [3.63, 3.8) is 0 Å². The summed E-state index contributed by atoms with van der Waals surface area (Å²) in [7, 11) is 0. The van der Waals surface area contributed by atoms with Crippen LogP contribution in [0, 0.1) is 0 Å². The molecule has 74 heavy (non-hydrogen) atoms. The predicted octanol–water partition coefficient (Wildman–Crippen LogP) is 17.5. The van der Waals surface area contributed by atoms with Crippen molar-refractivity contribution >= 4 is 0 Å². The zero-order valence-corrected chi connectivity index (χ0v) is 40.3. The molecule has 1 heterocycles. The second kappa shape index (κ2) is 15.5. The molecule has 0 aliphatic heterocycles. The molecule has 2 heteroatoms. The van der Waals surface area contributed by atoms with E-state index in [1.54, 1.807) is 0 Å². The molecule has 1 aromatic heterocycles. The van der Waals surface area contributed by atoms with Gasteiger partial charge in [0.05, 0.1) is 22.2 Å². The van der Waals surface area contributed by atoms with E-state index >= 15 is 0 Å². The van der Waals surface area contributed by atoms with Gasteiger partial charge in [0.1, 0.15) is 0 Å². The molecular weight excluding hydrogens is 893 g/mol. The highest BCUT2D eigenvalue weighted by Crippen LogP contribution is 2.65. The number of rotatable bonds is 5. The predicted molar refractivity (Wildman–Crippen MR) is 302 cm³/mol. The molecule has 0 fully saturated rings. The smallest absolute Gasteiger partial charge is 0.160 e. The van der Waals surface area contributed by atoms with Crippen LogP contribution in [-0.2, 0) is 10.8 Å². The van der Waals surface area contributed by atoms with Gasteiger partial charge in [-0.15, -0.1) is 0 Å². The average molecular weight is 937 g/mol. The number of benzene rings is 11. The molecule has 342 valence electrons. The summed E-state index contributed by atoms with van der Waals surface area (Å²) in [6, 6.07) is 99.0. The summed E-state index contributed by atoms with van der Waals surface area (Å²) in [5.74, 6) is 0.695. The molecule has 0 N–H and O–H groups in total. The molecule has 4 aliphatic carbocycles. The summed E-state index contributed by atoms with van der Waals surface area (Å²) in [6.07, 6.45) is 0. The Morgan fingerprint density at radius 1 is 0.189 bits per heavy atom. The highest BCUT2D eigenvalue weighted by molar-refractivity contribution is 5.98. The maximum absolute atomic E-state index is 5.44. The lowest BCUT2D eigenvalue weighted by Crippen LogP contribution is -2.25. The zero-order chi connectivity index (χ0) is 48.5. The third-order valence-electron chi connectivity index (χ3n) is 16.7. The van der Waals surface area contributed by atoms with Crippen LogP contribution in [-0.4, -0.2) is 9.97 Å². The number of fused-ring (bicyclic) bond motifs is 20. The van der Waals surface area contributed by atoms with Crippen molar-refractivity contribution in [2.45, 2.75) is 10.8 Å². The summed E-state index contributed by atoms with van der Waals surface area (Å²) in [5, 5.41) is 0. The first-order valence-corrected chi connectivity index (χ1v) is 25.7. The van der Waals surface area contributed by atoms with Gasteiger partial charge in [-0.2, -0.15) is 0 Å². The third-order valence-corrected chi connectivity index (χ3v) is 16.7. The number of hydrogen-bond donors (Lipinski definition) is 0. The van der Waals surface area contributed by atoms with Crippen molar-refractivity contribution in [3.05, 3.63) is 311 Å². The Kier molecular flexibility index (Phi) is 8.62. The fourth-order valence-corrected chi connectivity index (χ4v) is 13.7. The quantitative estimate of drug-likeness (QED) is 0.172. The summed E-state index contributed by atoms with van der Waals surface area (Å²) < 4.78 is 0. The van der Waals surface area contributed by atoms with E-state index in [2.05, 4.69) is 261 Å². The van der Waals surface area contributed by atoms with Crippen molar-refractivity contribution in [2.24, 2.45) is 0 Å². The number of aromatic nitrogens is 2. The van der Waals surface area contributed by atoms with Crippen molar-refractivity contribution in [1.82, 2.24) is 9.97 Å². The van der Waals surface area contributed by atoms with Crippen LogP contribution in [0.3, 0.4) is 0 Å². The highest BCUT2D eigenvalue weighted by Gasteiger charge is 2.53. The van der Waals surface area contributed by atoms with Gasteiger partial charge in [0.25, 0.3) is 0 Å². The Morgan fingerprint density at radius 2 is 0.486 bits per heavy atom. The largest absolute Gasteiger partial charge is 0.228 e. The van der Waals surface area contributed by atoms with E-state index in [1.807, 2.05) is 6.07 Å². The molecule has 0 atom stereocenters. The monoisotopic (exact) mass is 936 g/mol. The first kappa shape index (κ1) is 41.2. The first-order valence-electron chi connectivity index (χ1n) is 25.7. The fourth-order valence-electron chi connectivity index (χ4n) is 13.7. The van der Waals surface area contributed by atoms with Crippen molar-refractivity contribution in [2.75, 3.05) is 0 Å². The Morgan fingerprint density at radius 3 is 0.865 bits per heavy atom. The average Bonchev–Trinajstić information content (AvgIpc) is 4.16. The van der Waals surface area contributed by atoms with E-state index in [-0.39, 0.29) is 0 Å². The molecule has 11 aromatic carbocycles. The molecule has 0 amide bonds. The molecule has 0 radical (unpaired) electrons. The number of hydrogen-bond acceptors (Lipinski definition) is 2. The SMILES string of the molecule is c1ccc(-c2cc(-c3cc(-c4ccc5c(c4)C4(c6ccccc6-c6ccccc64)c4ccccc4-5)cc(-c4ccc5c(c4)C4(c6ccccc6-c6ccccc64)c4ccccc4-5)c3)nc(-c3ccccc3)n2)cc1. The van der Waals surface area contributed by atoms with Gasteiger partial charge in [-0.3, -0.25) is 0 Å². The van der Waals surface area contributed by atoms with E-state index < -0.39 is 10.8 Å². The molecular formula is C72H44N2. The standard InChI is InChI=1S/C72H44N2/c1-3-19-45(20-4-1)68-44-69(74-70(73-68)46-21-5-2-6-22-46)51-40-49(47-35-37-58-56-27-11-17-33-64(56)71(66(58)42-47)60-29-13-7-23-52(60)53-24-8-14-30-61(53)71)39-50(41-51)48-36-38-59-57-28-12-18-34-65(57)72(67(59)43-48)62-31-15-9-25-54(62)55-26-10-16-32-63(55)72/h1-44H. The van der Waals surface area contributed by atoms with Gasteiger partial charge in [0.2, 0.25) is 0 Å². The van der Waals surface area contributed by atoms with Gasteiger partial charge in [-0.1, -0.05) is 231 Å². The molecule has 0 bridgehead atoms. The number of nitrogens with zero attached hydrogens (tertiary/aromatic N) is 2. The first-order chi connectivity index (χ1) is 36.7. The molecule has 16 rings (SSSR count). The van der Waals surface area contributed by atoms with Gasteiger partial charge in [0, 0.05) is 16.7 Å². The van der Waals surface area contributed by atoms with Gasteiger partial charge < -0.3 is 0 Å². The minimum atomic E-state index is -0.464. The lowest BCUT2D eigenvalue weighted by Gasteiger charge is -2.31. The lowest BCUT2D eigenvalue weighted by atomic mass is 9.70. The van der Waals surface area contributed by atoms with Crippen molar-refractivity contribution < 1.29 is 0 Å². The molecule has 0 saturated carbocycles. The normalized spacial score (nSPS) is 13.9. The Bertz CT molecular complexity index is 3920. The van der Waals surface area contributed by atoms with Crippen LogP contribution in [0.15, 0.2) is 267 Å². The van der Waals surface area contributed by atoms with Crippen molar-refractivity contribution in [3.8, 4) is 101 Å². The maximum atomic E-state index is 5.44. The second-order valence-corrected chi connectivity index (χ2v) is 20.3. The second-order valence-electron chi connectivity index (χ2n) is 20.3. The van der Waals surface area contributed by atoms with Crippen LogP contribution in [0.25, 0.3) is 101 Å². The van der Waals surface area contributed by atoms with Crippen LogP contribution in [0.4, 0.5) is 0 Å². The summed E-state index contributed by atoms with van der Waals surface area (Å²) in [4.78, 5) is 10.7. The van der Waals surface area contributed by atoms with Crippen LogP contribution in [0.5, 0.6) is 0 Å². The molecule has 2 spiro atoms. The van der Waals surface area contributed by atoms with Crippen LogP contribution >= 0.6 is 0 Å². The molecule has 0 saturated heterocycles. The molecule has 2 nitrogen and oxygen atoms in total. The highest BCUT2D eigenvalue weighted by atomic mass is 14.9. The lowest BCUT2D eigenvalue weighted by molar-refractivity contribution is 0.794. The van der Waals surface area contributed by atoms with E-state index in [0.29, 0.717) is 5.82 Å². The third kappa shape index (κ3) is 5.54. The molecule has 4 aliphatic rings. The topological polar surface area (TPSA) is 25.8 Å². The van der Waals surface area contributed by atoms with Crippen LogP contribution in [0.2, 0.25) is 0 Å². The zero-order valence-electron chi connectivity index (χ0n) is 40.3. The summed E-state index contributed by atoms with van der Waals surface area (Å²) in [5.41, 5.74) is 29.5. The van der Waals surface area contributed by atoms with E-state index in [9.17, 15) is 0 Å². The molecule has 12 aromatic rings. The van der Waals surface area contributed by atoms with Crippen molar-refractivity contribution in [1.29, 1.82) is 0 Å². The van der Waals surface area contributed by atoms with Crippen LogP contribution in [0.1, 0.15) is 44.5 Å². The van der Waals surface area contributed by atoms with E-state index in [1.165, 1.54) is 89.0 Å². The molecule has 0 unspecified atom stereocenters. The maximum Gasteiger partial charge on any atom is 0.160 e.